The van der Waals surface area contributed by atoms with Crippen LogP contribution in [-0.4, -0.2) is 36.2 Å². The highest BCUT2D eigenvalue weighted by Gasteiger charge is 2.35. The molecule has 1 saturated heterocycles. The van der Waals surface area contributed by atoms with Gasteiger partial charge >= 0.3 is 17.9 Å². The molecule has 0 spiro atoms. The number of ether oxygens (including phenoxy) is 3. The van der Waals surface area contributed by atoms with Gasteiger partial charge in [-0.1, -0.05) is 6.92 Å². The Hall–Kier alpha value is -1.59. The lowest BCUT2D eigenvalue weighted by atomic mass is 9.91. The molecule has 1 rings (SSSR count). The lowest BCUT2D eigenvalue weighted by Gasteiger charge is -2.23. The molecule has 22 heavy (non-hydrogen) atoms. The summed E-state index contributed by atoms with van der Waals surface area (Å²) in [6.07, 6.45) is 1.53. The summed E-state index contributed by atoms with van der Waals surface area (Å²) in [5, 5.41) is 0. The van der Waals surface area contributed by atoms with Crippen molar-refractivity contribution < 1.29 is 28.6 Å². The fourth-order valence-electron chi connectivity index (χ4n) is 1.98. The van der Waals surface area contributed by atoms with Crippen LogP contribution in [0.4, 0.5) is 0 Å². The largest absolute Gasteiger partial charge is 0.457 e. The minimum Gasteiger partial charge on any atom is -0.457 e. The minimum absolute atomic E-state index is 0.419. The Kier molecular flexibility index (Phi) is 5.97. The number of rotatable bonds is 5. The Labute approximate surface area is 131 Å². The van der Waals surface area contributed by atoms with Crippen molar-refractivity contribution >= 4 is 17.9 Å². The third-order valence-electron chi connectivity index (χ3n) is 3.92. The van der Waals surface area contributed by atoms with Gasteiger partial charge in [0, 0.05) is 0 Å². The van der Waals surface area contributed by atoms with E-state index in [9.17, 15) is 14.4 Å². The molecule has 1 aliphatic heterocycles. The Balaban J connectivity index is 2.48. The Bertz CT molecular complexity index is 438. The molecule has 1 fully saturated rings. The summed E-state index contributed by atoms with van der Waals surface area (Å²) in [6, 6.07) is 0. The third-order valence-corrected chi connectivity index (χ3v) is 3.92. The summed E-state index contributed by atoms with van der Waals surface area (Å²) in [4.78, 5) is 35.4. The van der Waals surface area contributed by atoms with E-state index >= 15 is 0 Å². The van der Waals surface area contributed by atoms with Crippen LogP contribution in [0.5, 0.6) is 0 Å². The monoisotopic (exact) mass is 314 g/mol. The zero-order valence-electron chi connectivity index (χ0n) is 14.1. The summed E-state index contributed by atoms with van der Waals surface area (Å²) >= 11 is 0. The zero-order chi connectivity index (χ0) is 17.0. The molecule has 0 aromatic heterocycles. The number of esters is 3. The van der Waals surface area contributed by atoms with Gasteiger partial charge in [-0.3, -0.25) is 4.79 Å². The van der Waals surface area contributed by atoms with E-state index in [1.54, 1.807) is 13.8 Å². The van der Waals surface area contributed by atoms with Gasteiger partial charge in [-0.2, -0.15) is 0 Å². The van der Waals surface area contributed by atoms with E-state index in [-0.39, 0.29) is 0 Å². The van der Waals surface area contributed by atoms with E-state index < -0.39 is 41.6 Å². The van der Waals surface area contributed by atoms with Crippen molar-refractivity contribution in [3.63, 3.8) is 0 Å². The van der Waals surface area contributed by atoms with E-state index in [0.29, 0.717) is 19.3 Å². The molecule has 0 radical (unpaired) electrons. The summed E-state index contributed by atoms with van der Waals surface area (Å²) < 4.78 is 15.3. The van der Waals surface area contributed by atoms with Crippen LogP contribution >= 0.6 is 0 Å². The molecule has 0 saturated carbocycles. The minimum atomic E-state index is -0.924. The van der Waals surface area contributed by atoms with Crippen molar-refractivity contribution in [1.29, 1.82) is 0 Å². The molecule has 6 heteroatoms. The standard InChI is InChI=1S/C16H26O6/c1-6-15(2,3)14(19)20-10-12(17)21-11-8-7-9-16(4,5)22-13(11)18/h11H,6-10H2,1-5H3. The van der Waals surface area contributed by atoms with Crippen LogP contribution in [0.1, 0.15) is 60.3 Å². The lowest BCUT2D eigenvalue weighted by molar-refractivity contribution is -0.178. The summed E-state index contributed by atoms with van der Waals surface area (Å²) in [7, 11) is 0. The van der Waals surface area contributed by atoms with Gasteiger partial charge < -0.3 is 14.2 Å². The van der Waals surface area contributed by atoms with E-state index in [0.717, 1.165) is 6.42 Å². The van der Waals surface area contributed by atoms with Crippen LogP contribution in [0.25, 0.3) is 0 Å². The Morgan fingerprint density at radius 1 is 1.36 bits per heavy atom. The number of hydrogen-bond acceptors (Lipinski definition) is 6. The normalized spacial score (nSPS) is 21.5. The van der Waals surface area contributed by atoms with Crippen molar-refractivity contribution in [1.82, 2.24) is 0 Å². The topological polar surface area (TPSA) is 78.9 Å². The molecule has 1 aliphatic rings. The predicted octanol–water partition coefficient (Wildman–Crippen LogP) is 2.38. The second-order valence-corrected chi connectivity index (χ2v) is 6.87. The molecule has 1 unspecified atom stereocenters. The van der Waals surface area contributed by atoms with E-state index in [1.807, 2.05) is 20.8 Å². The second kappa shape index (κ2) is 7.11. The molecule has 0 amide bonds. The van der Waals surface area contributed by atoms with Gasteiger partial charge in [-0.25, -0.2) is 9.59 Å². The first-order chi connectivity index (χ1) is 10.1. The number of hydrogen-bond donors (Lipinski definition) is 0. The molecule has 6 nitrogen and oxygen atoms in total. The summed E-state index contributed by atoms with van der Waals surface area (Å²) in [5.41, 5.74) is -1.19. The van der Waals surface area contributed by atoms with Crippen molar-refractivity contribution in [2.45, 2.75) is 72.0 Å². The fourth-order valence-corrected chi connectivity index (χ4v) is 1.98. The summed E-state index contributed by atoms with van der Waals surface area (Å²) in [5.74, 6) is -1.74. The maximum Gasteiger partial charge on any atom is 0.347 e. The summed E-state index contributed by atoms with van der Waals surface area (Å²) in [6.45, 7) is 8.50. The molecule has 0 aliphatic carbocycles. The number of cyclic esters (lactones) is 1. The average molecular weight is 314 g/mol. The third kappa shape index (κ3) is 5.31. The van der Waals surface area contributed by atoms with Crippen LogP contribution in [0, 0.1) is 5.41 Å². The van der Waals surface area contributed by atoms with Crippen LogP contribution in [0.2, 0.25) is 0 Å². The van der Waals surface area contributed by atoms with Crippen molar-refractivity contribution in [3.8, 4) is 0 Å². The van der Waals surface area contributed by atoms with Gasteiger partial charge in [0.1, 0.15) is 5.60 Å². The van der Waals surface area contributed by atoms with Crippen LogP contribution in [0.15, 0.2) is 0 Å². The highest BCUT2D eigenvalue weighted by molar-refractivity contribution is 5.82. The van der Waals surface area contributed by atoms with Gasteiger partial charge in [0.15, 0.2) is 12.7 Å². The van der Waals surface area contributed by atoms with Gasteiger partial charge in [-0.05, 0) is 53.4 Å². The van der Waals surface area contributed by atoms with Crippen molar-refractivity contribution in [2.24, 2.45) is 5.41 Å². The van der Waals surface area contributed by atoms with E-state index in [2.05, 4.69) is 0 Å². The molecule has 0 aromatic rings. The molecular formula is C16H26O6. The molecule has 1 heterocycles. The smallest absolute Gasteiger partial charge is 0.347 e. The van der Waals surface area contributed by atoms with Crippen LogP contribution < -0.4 is 0 Å². The van der Waals surface area contributed by atoms with Gasteiger partial charge in [0.2, 0.25) is 0 Å². The maximum absolute atomic E-state index is 11.9. The van der Waals surface area contributed by atoms with Crippen LogP contribution in [0.3, 0.4) is 0 Å². The first kappa shape index (κ1) is 18.5. The zero-order valence-corrected chi connectivity index (χ0v) is 14.1. The highest BCUT2D eigenvalue weighted by atomic mass is 16.6. The first-order valence-electron chi connectivity index (χ1n) is 7.67. The Morgan fingerprint density at radius 3 is 2.59 bits per heavy atom. The molecule has 126 valence electrons. The predicted molar refractivity (Wildman–Crippen MR) is 78.9 cm³/mol. The number of carbonyl (C=O) groups excluding carboxylic acids is 3. The average Bonchev–Trinajstić information content (AvgIpc) is 2.54. The quantitative estimate of drug-likeness (QED) is 0.572. The second-order valence-electron chi connectivity index (χ2n) is 6.87. The SMILES string of the molecule is CCC(C)(C)C(=O)OCC(=O)OC1CCCC(C)(C)OC1=O. The number of carbonyl (C=O) groups is 3. The van der Waals surface area contributed by atoms with Gasteiger partial charge in [-0.15, -0.1) is 0 Å². The maximum atomic E-state index is 11.9. The first-order valence-corrected chi connectivity index (χ1v) is 7.67. The van der Waals surface area contributed by atoms with Gasteiger partial charge in [0.05, 0.1) is 5.41 Å². The van der Waals surface area contributed by atoms with E-state index in [4.69, 9.17) is 14.2 Å². The fraction of sp³-hybridized carbons (Fsp3) is 0.812. The molecule has 0 N–H and O–H groups in total. The van der Waals surface area contributed by atoms with E-state index in [1.165, 1.54) is 0 Å². The molecule has 0 bridgehead atoms. The lowest BCUT2D eigenvalue weighted by Crippen LogP contribution is -2.34. The molecule has 1 atom stereocenters. The van der Waals surface area contributed by atoms with Crippen molar-refractivity contribution in [2.75, 3.05) is 6.61 Å². The van der Waals surface area contributed by atoms with Gasteiger partial charge in [0.25, 0.3) is 0 Å². The molecule has 0 aromatic carbocycles. The highest BCUT2D eigenvalue weighted by Crippen LogP contribution is 2.25. The molecular weight excluding hydrogens is 288 g/mol. The van der Waals surface area contributed by atoms with Crippen LogP contribution in [-0.2, 0) is 28.6 Å². The van der Waals surface area contributed by atoms with Crippen molar-refractivity contribution in [3.05, 3.63) is 0 Å². The Morgan fingerprint density at radius 2 is 2.00 bits per heavy atom.